The molecule has 12 heteroatoms. The minimum Gasteiger partial charge on any atom is -0.394 e. The van der Waals surface area contributed by atoms with Crippen LogP contribution in [0.1, 0.15) is 12.6 Å². The Morgan fingerprint density at radius 1 is 1.08 bits per heavy atom. The second-order valence-electron chi connectivity index (χ2n) is 9.75. The van der Waals surface area contributed by atoms with E-state index in [4.69, 9.17) is 4.74 Å². The molecule has 0 aliphatic carbocycles. The molecule has 0 radical (unpaired) electrons. The fraction of sp³-hybridized carbons (Fsp3) is 0.370. The summed E-state index contributed by atoms with van der Waals surface area (Å²) in [5.41, 5.74) is 3.40. The largest absolute Gasteiger partial charge is 0.394 e. The number of nitriles is 1. The first kappa shape index (κ1) is 28.7. The van der Waals surface area contributed by atoms with Gasteiger partial charge < -0.3 is 34.6 Å². The molecule has 2 aromatic carbocycles. The fourth-order valence-electron chi connectivity index (χ4n) is 4.77. The summed E-state index contributed by atoms with van der Waals surface area (Å²) in [7, 11) is 1.15. The Morgan fingerprint density at radius 3 is 2.38 bits per heavy atom. The van der Waals surface area contributed by atoms with E-state index < -0.39 is 52.2 Å². The van der Waals surface area contributed by atoms with Crippen molar-refractivity contribution in [2.24, 2.45) is 7.05 Å². The van der Waals surface area contributed by atoms with Gasteiger partial charge >= 0.3 is 0 Å². The number of sulfonamides is 1. The number of aliphatic hydroxyl groups is 4. The number of hydrogen-bond donors (Lipinski definition) is 5. The summed E-state index contributed by atoms with van der Waals surface area (Å²) in [6.07, 6.45) is -6.60. The number of allylic oxidation sites excluding steroid dienone is 2. The van der Waals surface area contributed by atoms with Crippen LogP contribution in [0.4, 0.5) is 5.69 Å². The Morgan fingerprint density at radius 2 is 1.74 bits per heavy atom. The number of aliphatic hydroxyl groups excluding tert-OH is 4. The van der Waals surface area contributed by atoms with Crippen LogP contribution >= 0.6 is 0 Å². The zero-order valence-corrected chi connectivity index (χ0v) is 22.8. The predicted octanol–water partition coefficient (Wildman–Crippen LogP) is 0.885. The standard InChI is InChI=1S/C27H32N4O7S/c1-15(23(13-28)39(36,37)29-24-26(34)25(33)22(14-32)38-27(24)35)20-9-10-21(31(20)4)18-6-5-17-12-19(30(2)3)8-7-16(17)11-18/h5-12,22,24-27,29,32-35H,14H2,1-4H3/b23-15+/t22-,24-,25-,26-,27?/m1/s1. The fourth-order valence-corrected chi connectivity index (χ4v) is 6.13. The molecular formula is C27H32N4O7S. The van der Waals surface area contributed by atoms with E-state index in [-0.39, 0.29) is 5.57 Å². The lowest BCUT2D eigenvalue weighted by molar-refractivity contribution is -0.251. The molecule has 11 nitrogen and oxygen atoms in total. The van der Waals surface area contributed by atoms with Crippen molar-refractivity contribution in [1.82, 2.24) is 9.29 Å². The smallest absolute Gasteiger partial charge is 0.251 e. The summed E-state index contributed by atoms with van der Waals surface area (Å²) in [4.78, 5) is 1.40. The Balaban J connectivity index is 1.66. The summed E-state index contributed by atoms with van der Waals surface area (Å²) >= 11 is 0. The highest BCUT2D eigenvalue weighted by molar-refractivity contribution is 7.93. The molecule has 39 heavy (non-hydrogen) atoms. The van der Waals surface area contributed by atoms with Gasteiger partial charge in [-0.3, -0.25) is 0 Å². The molecule has 0 spiro atoms. The summed E-state index contributed by atoms with van der Waals surface area (Å²) in [6, 6.07) is 15.8. The molecule has 3 aromatic rings. The van der Waals surface area contributed by atoms with Crippen molar-refractivity contribution in [3.05, 3.63) is 59.1 Å². The maximum Gasteiger partial charge on any atom is 0.251 e. The summed E-state index contributed by atoms with van der Waals surface area (Å²) in [5.74, 6) is 0. The molecule has 1 aromatic heterocycles. The number of nitrogens with one attached hydrogen (secondary N) is 1. The summed E-state index contributed by atoms with van der Waals surface area (Å²) < 4.78 is 35.3. The average Bonchev–Trinajstić information content (AvgIpc) is 3.29. The van der Waals surface area contributed by atoms with E-state index in [1.165, 1.54) is 6.92 Å². The molecule has 0 bridgehead atoms. The Hall–Kier alpha value is -3.28. The van der Waals surface area contributed by atoms with E-state index in [1.807, 2.05) is 55.4 Å². The molecule has 1 saturated heterocycles. The highest BCUT2D eigenvalue weighted by Crippen LogP contribution is 2.31. The van der Waals surface area contributed by atoms with Gasteiger partial charge in [0.15, 0.2) is 11.2 Å². The van der Waals surface area contributed by atoms with Crippen molar-refractivity contribution in [1.29, 1.82) is 5.26 Å². The SMILES string of the molecule is C/C(=C(/C#N)S(=O)(=O)N[C@H]1C(O)O[C@H](CO)[C@@H](O)[C@@H]1O)c1ccc(-c2ccc3cc(N(C)C)ccc3c2)n1C. The van der Waals surface area contributed by atoms with Crippen LogP contribution in [0.5, 0.6) is 0 Å². The molecule has 0 saturated carbocycles. The molecule has 4 rings (SSSR count). The third kappa shape index (κ3) is 5.43. The number of ether oxygens (including phenoxy) is 1. The van der Waals surface area contributed by atoms with Gasteiger partial charge in [0.1, 0.15) is 30.4 Å². The molecule has 0 amide bonds. The van der Waals surface area contributed by atoms with Gasteiger partial charge in [0.05, 0.1) is 6.61 Å². The molecule has 1 aliphatic rings. The third-order valence-corrected chi connectivity index (χ3v) is 8.56. The van der Waals surface area contributed by atoms with Crippen LogP contribution in [0.3, 0.4) is 0 Å². The molecule has 5 atom stereocenters. The van der Waals surface area contributed by atoms with Gasteiger partial charge in [-0.25, -0.2) is 8.42 Å². The van der Waals surface area contributed by atoms with Crippen molar-refractivity contribution in [3.8, 4) is 17.3 Å². The number of rotatable bonds is 7. The van der Waals surface area contributed by atoms with Crippen LogP contribution in [0.25, 0.3) is 27.6 Å². The van der Waals surface area contributed by atoms with Crippen LogP contribution in [0.15, 0.2) is 53.4 Å². The van der Waals surface area contributed by atoms with Crippen LogP contribution < -0.4 is 9.62 Å². The minimum absolute atomic E-state index is 0.143. The van der Waals surface area contributed by atoms with Crippen LogP contribution in [-0.2, 0) is 21.8 Å². The van der Waals surface area contributed by atoms with Crippen molar-refractivity contribution in [2.45, 2.75) is 37.6 Å². The topological polar surface area (TPSA) is 168 Å². The van der Waals surface area contributed by atoms with Crippen molar-refractivity contribution < 1.29 is 33.6 Å². The first-order valence-electron chi connectivity index (χ1n) is 12.2. The second-order valence-corrected chi connectivity index (χ2v) is 11.4. The van der Waals surface area contributed by atoms with E-state index in [0.717, 1.165) is 27.7 Å². The quantitative estimate of drug-likeness (QED) is 0.265. The van der Waals surface area contributed by atoms with Crippen LogP contribution in [-0.4, -0.2) is 84.8 Å². The number of aromatic nitrogens is 1. The Kier molecular flexibility index (Phi) is 8.15. The number of anilines is 1. The highest BCUT2D eigenvalue weighted by Gasteiger charge is 2.45. The second kappa shape index (κ2) is 11.1. The number of fused-ring (bicyclic) bond motifs is 1. The van der Waals surface area contributed by atoms with E-state index >= 15 is 0 Å². The van der Waals surface area contributed by atoms with Gasteiger partial charge in [0.25, 0.3) is 10.0 Å². The van der Waals surface area contributed by atoms with Gasteiger partial charge in [-0.15, -0.1) is 0 Å². The van der Waals surface area contributed by atoms with E-state index in [2.05, 4.69) is 10.8 Å². The van der Waals surface area contributed by atoms with Crippen molar-refractivity contribution >= 4 is 32.1 Å². The Bertz CT molecular complexity index is 1560. The number of benzene rings is 2. The molecule has 1 aliphatic heterocycles. The van der Waals surface area contributed by atoms with Gasteiger partial charge in [-0.1, -0.05) is 18.2 Å². The van der Waals surface area contributed by atoms with Crippen LogP contribution in [0, 0.1) is 11.3 Å². The zero-order chi connectivity index (χ0) is 28.6. The first-order chi connectivity index (χ1) is 18.4. The van der Waals surface area contributed by atoms with Crippen LogP contribution in [0.2, 0.25) is 0 Å². The summed E-state index contributed by atoms with van der Waals surface area (Å²) in [6.45, 7) is 0.794. The van der Waals surface area contributed by atoms with Gasteiger partial charge in [-0.2, -0.15) is 9.98 Å². The molecule has 1 fully saturated rings. The molecule has 2 heterocycles. The molecule has 5 N–H and O–H groups in total. The molecule has 1 unspecified atom stereocenters. The minimum atomic E-state index is -4.57. The van der Waals surface area contributed by atoms with Gasteiger partial charge in [-0.05, 0) is 53.6 Å². The van der Waals surface area contributed by atoms with Gasteiger partial charge in [0.2, 0.25) is 0 Å². The highest BCUT2D eigenvalue weighted by atomic mass is 32.2. The van der Waals surface area contributed by atoms with E-state index in [9.17, 15) is 34.1 Å². The van der Waals surface area contributed by atoms with Crippen molar-refractivity contribution in [2.75, 3.05) is 25.6 Å². The lowest BCUT2D eigenvalue weighted by Crippen LogP contribution is -2.64. The maximum atomic E-state index is 13.2. The molecule has 208 valence electrons. The third-order valence-electron chi connectivity index (χ3n) is 7.04. The maximum absolute atomic E-state index is 13.2. The zero-order valence-electron chi connectivity index (χ0n) is 22.0. The first-order valence-corrected chi connectivity index (χ1v) is 13.7. The number of nitrogens with zero attached hydrogens (tertiary/aromatic N) is 3. The van der Waals surface area contributed by atoms with E-state index in [1.54, 1.807) is 23.8 Å². The predicted molar refractivity (Wildman–Crippen MR) is 147 cm³/mol. The molecular weight excluding hydrogens is 524 g/mol. The van der Waals surface area contributed by atoms with Crippen molar-refractivity contribution in [3.63, 3.8) is 0 Å². The van der Waals surface area contributed by atoms with E-state index in [0.29, 0.717) is 5.69 Å². The monoisotopic (exact) mass is 556 g/mol. The average molecular weight is 557 g/mol. The lowest BCUT2D eigenvalue weighted by Gasteiger charge is -2.40. The normalized spacial score (nSPS) is 24.3. The Labute approximate surface area is 226 Å². The summed E-state index contributed by atoms with van der Waals surface area (Å²) in [5, 5.41) is 51.8. The van der Waals surface area contributed by atoms with Gasteiger partial charge in [0, 0.05) is 43.8 Å². The number of hydrogen-bond acceptors (Lipinski definition) is 9. The lowest BCUT2D eigenvalue weighted by atomic mass is 9.98.